The van der Waals surface area contributed by atoms with Crippen molar-refractivity contribution in [3.8, 4) is 11.4 Å². The molecule has 40 heavy (non-hydrogen) atoms. The number of nitrogens with one attached hydrogen (secondary N) is 2. The van der Waals surface area contributed by atoms with Gasteiger partial charge in [-0.25, -0.2) is 9.59 Å². The van der Waals surface area contributed by atoms with Gasteiger partial charge in [0.1, 0.15) is 6.61 Å². The summed E-state index contributed by atoms with van der Waals surface area (Å²) < 4.78 is 16.3. The Bertz CT molecular complexity index is 1430. The van der Waals surface area contributed by atoms with Crippen molar-refractivity contribution < 1.29 is 23.8 Å². The highest BCUT2D eigenvalue weighted by Gasteiger charge is 2.39. The van der Waals surface area contributed by atoms with Gasteiger partial charge in [-0.2, -0.15) is 15.0 Å². The van der Waals surface area contributed by atoms with Crippen LogP contribution in [-0.4, -0.2) is 78.6 Å². The molecular formula is C28H29N7O5. The first kappa shape index (κ1) is 24.7. The van der Waals surface area contributed by atoms with Crippen LogP contribution in [0.2, 0.25) is 0 Å². The largest absolute Gasteiger partial charge is 0.457 e. The number of fused-ring (bicyclic) bond motifs is 3. The lowest BCUT2D eigenvalue weighted by molar-refractivity contribution is 0.0535. The predicted octanol–water partition coefficient (Wildman–Crippen LogP) is 3.06. The number of nitrogens with zero attached hydrogens (tertiary/aromatic N) is 5. The third-order valence-corrected chi connectivity index (χ3v) is 7.72. The number of anilines is 4. The van der Waals surface area contributed by atoms with Crippen LogP contribution in [0.3, 0.4) is 0 Å². The van der Waals surface area contributed by atoms with Gasteiger partial charge in [-0.05, 0) is 55.3 Å². The molecule has 0 radical (unpaired) electrons. The number of carbonyl (C=O) groups is 2. The molecule has 4 aliphatic heterocycles. The Morgan fingerprint density at radius 2 is 1.55 bits per heavy atom. The van der Waals surface area contributed by atoms with Gasteiger partial charge in [0.2, 0.25) is 11.9 Å². The Kier molecular flexibility index (Phi) is 6.40. The standard InChI is InChI=1S/C28H29N7O5/c36-25-23-8-5-20(13-18(23)14-40-25)30-28(37)29-19-3-1-17(2-4-19)24-31-26(34-9-11-38-12-10-34)33-27(32-24)35-21-6-7-22(35)16-39-15-21/h1-5,8,13,21-22H,6-7,9-12,14-16H2,(H2,29,30,37). The molecule has 7 rings (SSSR count). The lowest BCUT2D eigenvalue weighted by atomic mass is 10.1. The number of ether oxygens (including phenoxy) is 3. The van der Waals surface area contributed by atoms with Crippen LogP contribution in [-0.2, 0) is 20.8 Å². The summed E-state index contributed by atoms with van der Waals surface area (Å²) in [6, 6.07) is 12.7. The van der Waals surface area contributed by atoms with Crippen molar-refractivity contribution in [3.05, 3.63) is 53.6 Å². The Labute approximate surface area is 230 Å². The van der Waals surface area contributed by atoms with Crippen LogP contribution in [0.15, 0.2) is 42.5 Å². The maximum Gasteiger partial charge on any atom is 0.338 e. The number of benzene rings is 2. The Balaban J connectivity index is 1.10. The van der Waals surface area contributed by atoms with Crippen molar-refractivity contribution in [2.24, 2.45) is 0 Å². The van der Waals surface area contributed by atoms with Crippen LogP contribution < -0.4 is 20.4 Å². The molecule has 2 amide bonds. The van der Waals surface area contributed by atoms with E-state index in [4.69, 9.17) is 29.2 Å². The Morgan fingerprint density at radius 3 is 2.33 bits per heavy atom. The number of amides is 2. The second-order valence-corrected chi connectivity index (χ2v) is 10.3. The topological polar surface area (TPSA) is 131 Å². The number of cyclic esters (lactones) is 1. The van der Waals surface area contributed by atoms with E-state index in [0.29, 0.717) is 61.1 Å². The van der Waals surface area contributed by atoms with Gasteiger partial charge in [0.05, 0.1) is 44.1 Å². The lowest BCUT2D eigenvalue weighted by Gasteiger charge is -2.35. The van der Waals surface area contributed by atoms with Crippen molar-refractivity contribution in [2.75, 3.05) is 60.0 Å². The maximum atomic E-state index is 12.6. The quantitative estimate of drug-likeness (QED) is 0.463. The van der Waals surface area contributed by atoms with E-state index in [1.165, 1.54) is 0 Å². The molecule has 12 nitrogen and oxygen atoms in total. The molecule has 2 N–H and O–H groups in total. The van der Waals surface area contributed by atoms with Crippen LogP contribution in [0, 0.1) is 0 Å². The first-order valence-electron chi connectivity index (χ1n) is 13.5. The number of hydrogen-bond donors (Lipinski definition) is 2. The fraction of sp³-hybridized carbons (Fsp3) is 0.393. The summed E-state index contributed by atoms with van der Waals surface area (Å²) in [5, 5.41) is 5.65. The molecular weight excluding hydrogens is 514 g/mol. The van der Waals surface area contributed by atoms with Gasteiger partial charge >= 0.3 is 12.0 Å². The number of carbonyl (C=O) groups excluding carboxylic acids is 2. The van der Waals surface area contributed by atoms with Gasteiger partial charge in [0.15, 0.2) is 5.82 Å². The molecule has 2 bridgehead atoms. The third-order valence-electron chi connectivity index (χ3n) is 7.72. The molecule has 2 unspecified atom stereocenters. The summed E-state index contributed by atoms with van der Waals surface area (Å²) in [7, 11) is 0. The fourth-order valence-corrected chi connectivity index (χ4v) is 5.67. The second kappa shape index (κ2) is 10.4. The minimum Gasteiger partial charge on any atom is -0.457 e. The summed E-state index contributed by atoms with van der Waals surface area (Å²) in [4.78, 5) is 43.3. The molecule has 3 saturated heterocycles. The SMILES string of the molecule is O=C(Nc1ccc(-c2nc(N3CCOCC3)nc(N3C4CCC3COC4)n2)cc1)Nc1ccc2c(c1)COC2=O. The number of rotatable bonds is 5. The maximum absolute atomic E-state index is 12.6. The molecule has 5 heterocycles. The Hall–Kier alpha value is -4.29. The zero-order chi connectivity index (χ0) is 27.1. The van der Waals surface area contributed by atoms with E-state index in [1.54, 1.807) is 18.2 Å². The van der Waals surface area contributed by atoms with Crippen molar-refractivity contribution >= 4 is 35.3 Å². The summed E-state index contributed by atoms with van der Waals surface area (Å²) in [5.74, 6) is 1.58. The van der Waals surface area contributed by atoms with E-state index in [-0.39, 0.29) is 24.7 Å². The summed E-state index contributed by atoms with van der Waals surface area (Å²) in [5.41, 5.74) is 3.31. The van der Waals surface area contributed by atoms with Crippen LogP contribution in [0.1, 0.15) is 28.8 Å². The summed E-state index contributed by atoms with van der Waals surface area (Å²) >= 11 is 0. The number of esters is 1. The normalized spacial score (nSPS) is 21.6. The molecule has 3 aromatic rings. The number of aromatic nitrogens is 3. The highest BCUT2D eigenvalue weighted by Crippen LogP contribution is 2.34. The van der Waals surface area contributed by atoms with E-state index >= 15 is 0 Å². The van der Waals surface area contributed by atoms with Crippen LogP contribution >= 0.6 is 0 Å². The zero-order valence-corrected chi connectivity index (χ0v) is 21.8. The van der Waals surface area contributed by atoms with E-state index in [2.05, 4.69) is 20.4 Å². The predicted molar refractivity (Wildman–Crippen MR) is 147 cm³/mol. The number of morpholine rings is 2. The monoisotopic (exact) mass is 543 g/mol. The van der Waals surface area contributed by atoms with E-state index in [1.807, 2.05) is 24.3 Å². The highest BCUT2D eigenvalue weighted by molar-refractivity contribution is 6.01. The summed E-state index contributed by atoms with van der Waals surface area (Å²) in [6.07, 6.45) is 2.14. The van der Waals surface area contributed by atoms with E-state index < -0.39 is 6.03 Å². The molecule has 2 aromatic carbocycles. The third kappa shape index (κ3) is 4.80. The molecule has 0 saturated carbocycles. The van der Waals surface area contributed by atoms with Crippen molar-refractivity contribution in [2.45, 2.75) is 31.5 Å². The molecule has 206 valence electrons. The second-order valence-electron chi connectivity index (χ2n) is 10.3. The first-order valence-corrected chi connectivity index (χ1v) is 13.5. The van der Waals surface area contributed by atoms with Gasteiger partial charge in [0.25, 0.3) is 0 Å². The minimum atomic E-state index is -0.391. The van der Waals surface area contributed by atoms with Crippen molar-refractivity contribution in [1.82, 2.24) is 15.0 Å². The van der Waals surface area contributed by atoms with Gasteiger partial charge < -0.3 is 34.6 Å². The first-order chi connectivity index (χ1) is 19.6. The van der Waals surface area contributed by atoms with Gasteiger partial charge in [0, 0.05) is 35.6 Å². The smallest absolute Gasteiger partial charge is 0.338 e. The van der Waals surface area contributed by atoms with Crippen LogP contribution in [0.25, 0.3) is 11.4 Å². The van der Waals surface area contributed by atoms with Gasteiger partial charge in [-0.1, -0.05) is 0 Å². The van der Waals surface area contributed by atoms with Crippen LogP contribution in [0.5, 0.6) is 0 Å². The fourth-order valence-electron chi connectivity index (χ4n) is 5.67. The van der Waals surface area contributed by atoms with E-state index in [9.17, 15) is 9.59 Å². The van der Waals surface area contributed by atoms with Crippen molar-refractivity contribution in [3.63, 3.8) is 0 Å². The molecule has 2 atom stereocenters. The minimum absolute atomic E-state index is 0.214. The molecule has 4 aliphatic rings. The molecule has 12 heteroatoms. The number of urea groups is 1. The van der Waals surface area contributed by atoms with Gasteiger partial charge in [-0.3, -0.25) is 0 Å². The molecule has 3 fully saturated rings. The zero-order valence-electron chi connectivity index (χ0n) is 21.8. The average Bonchev–Trinajstić information content (AvgIpc) is 3.47. The van der Waals surface area contributed by atoms with Crippen molar-refractivity contribution in [1.29, 1.82) is 0 Å². The molecule has 0 spiro atoms. The summed E-state index contributed by atoms with van der Waals surface area (Å²) in [6.45, 7) is 4.31. The molecule has 0 aliphatic carbocycles. The average molecular weight is 544 g/mol. The molecule has 1 aromatic heterocycles. The highest BCUT2D eigenvalue weighted by atomic mass is 16.5. The van der Waals surface area contributed by atoms with Crippen LogP contribution in [0.4, 0.5) is 28.1 Å². The van der Waals surface area contributed by atoms with Gasteiger partial charge in [-0.15, -0.1) is 0 Å². The Morgan fingerprint density at radius 1 is 0.850 bits per heavy atom. The lowest BCUT2D eigenvalue weighted by Crippen LogP contribution is -2.47. The number of hydrogen-bond acceptors (Lipinski definition) is 10. The van der Waals surface area contributed by atoms with E-state index in [0.717, 1.165) is 37.1 Å².